The van der Waals surface area contributed by atoms with E-state index in [0.29, 0.717) is 5.56 Å². The summed E-state index contributed by atoms with van der Waals surface area (Å²) in [4.78, 5) is -0.0325. The van der Waals surface area contributed by atoms with Gasteiger partial charge in [-0.3, -0.25) is 0 Å². The fraction of sp³-hybridized carbons (Fsp3) is 0.111. The van der Waals surface area contributed by atoms with Crippen LogP contribution in [0.2, 0.25) is 0 Å². The zero-order chi connectivity index (χ0) is 25.2. The van der Waals surface area contributed by atoms with Crippen molar-refractivity contribution >= 4 is 20.2 Å². The van der Waals surface area contributed by atoms with Crippen molar-refractivity contribution in [2.75, 3.05) is 0 Å². The van der Waals surface area contributed by atoms with Gasteiger partial charge in [0.2, 0.25) is 0 Å². The third-order valence-corrected chi connectivity index (χ3v) is 7.92. The fourth-order valence-corrected chi connectivity index (χ4v) is 5.39. The van der Waals surface area contributed by atoms with Gasteiger partial charge in [0.15, 0.2) is 11.5 Å². The van der Waals surface area contributed by atoms with Gasteiger partial charge in [0.1, 0.15) is 9.79 Å². The first-order chi connectivity index (χ1) is 16.6. The molecular weight excluding hydrogens is 484 g/mol. The molecular formula is C27H24O6S2. The molecule has 0 aromatic heterocycles. The topological polar surface area (TPSA) is 86.7 Å². The van der Waals surface area contributed by atoms with E-state index >= 15 is 0 Å². The number of hydrogen-bond acceptors (Lipinski definition) is 6. The van der Waals surface area contributed by atoms with Crippen LogP contribution in [0.5, 0.6) is 11.5 Å². The maximum absolute atomic E-state index is 13.0. The van der Waals surface area contributed by atoms with Gasteiger partial charge in [-0.05, 0) is 68.3 Å². The standard InChI is InChI=1S/C27H24O6S2/c1-19-11-15-22(16-12-19)34(28,29)32-25-9-6-10-26(27(25)24-8-5-4-7-21(24)3)33-35(30,31)23-17-13-20(2)14-18-23/h4-18H,1-3H3. The SMILES string of the molecule is Cc1ccc(S(=O)(=O)Oc2cccc(OS(=O)(=O)c3ccc(C)cc3)c2-c2ccccc2C)cc1. The summed E-state index contributed by atoms with van der Waals surface area (Å²) in [6.45, 7) is 5.53. The first-order valence-electron chi connectivity index (χ1n) is 10.8. The van der Waals surface area contributed by atoms with Crippen LogP contribution in [0.15, 0.2) is 101 Å². The van der Waals surface area contributed by atoms with Gasteiger partial charge in [0.25, 0.3) is 0 Å². The van der Waals surface area contributed by atoms with E-state index in [1.54, 1.807) is 36.4 Å². The van der Waals surface area contributed by atoms with E-state index in [2.05, 4.69) is 0 Å². The van der Waals surface area contributed by atoms with Gasteiger partial charge in [-0.2, -0.15) is 16.8 Å². The quantitative estimate of drug-likeness (QED) is 0.293. The third-order valence-electron chi connectivity index (χ3n) is 5.42. The Morgan fingerprint density at radius 2 is 0.943 bits per heavy atom. The predicted octanol–water partition coefficient (Wildman–Crippen LogP) is 5.81. The summed E-state index contributed by atoms with van der Waals surface area (Å²) in [6.07, 6.45) is 0. The van der Waals surface area contributed by atoms with Crippen LogP contribution in [-0.4, -0.2) is 16.8 Å². The van der Waals surface area contributed by atoms with Crippen LogP contribution in [-0.2, 0) is 20.2 Å². The molecule has 4 aromatic carbocycles. The first-order valence-corrected chi connectivity index (χ1v) is 13.6. The van der Waals surface area contributed by atoms with Crippen LogP contribution < -0.4 is 8.37 Å². The van der Waals surface area contributed by atoms with Crippen molar-refractivity contribution in [2.45, 2.75) is 30.6 Å². The van der Waals surface area contributed by atoms with E-state index in [-0.39, 0.29) is 26.9 Å². The Balaban J connectivity index is 1.84. The monoisotopic (exact) mass is 508 g/mol. The van der Waals surface area contributed by atoms with Gasteiger partial charge in [-0.1, -0.05) is 65.7 Å². The van der Waals surface area contributed by atoms with Gasteiger partial charge in [0.05, 0.1) is 5.56 Å². The molecule has 0 N–H and O–H groups in total. The summed E-state index contributed by atoms with van der Waals surface area (Å²) in [5.41, 5.74) is 3.39. The van der Waals surface area contributed by atoms with Gasteiger partial charge < -0.3 is 8.37 Å². The summed E-state index contributed by atoms with van der Waals surface area (Å²) in [7, 11) is -8.39. The Kier molecular flexibility index (Phi) is 6.69. The van der Waals surface area contributed by atoms with Crippen molar-refractivity contribution in [1.29, 1.82) is 0 Å². The summed E-state index contributed by atoms with van der Waals surface area (Å²) < 4.78 is 63.3. The average molecular weight is 509 g/mol. The molecule has 0 saturated carbocycles. The Morgan fingerprint density at radius 1 is 0.514 bits per heavy atom. The highest BCUT2D eigenvalue weighted by Gasteiger charge is 2.25. The molecule has 0 unspecified atom stereocenters. The van der Waals surface area contributed by atoms with Crippen LogP contribution in [0.4, 0.5) is 0 Å². The number of hydrogen-bond donors (Lipinski definition) is 0. The lowest BCUT2D eigenvalue weighted by Crippen LogP contribution is -2.13. The molecule has 0 spiro atoms. The van der Waals surface area contributed by atoms with Gasteiger partial charge in [-0.15, -0.1) is 0 Å². The Morgan fingerprint density at radius 3 is 1.37 bits per heavy atom. The van der Waals surface area contributed by atoms with Crippen LogP contribution in [0.25, 0.3) is 11.1 Å². The normalized spacial score (nSPS) is 11.7. The minimum Gasteiger partial charge on any atom is -0.378 e. The highest BCUT2D eigenvalue weighted by molar-refractivity contribution is 7.87. The second-order valence-corrected chi connectivity index (χ2v) is 11.2. The molecule has 6 nitrogen and oxygen atoms in total. The molecule has 0 bridgehead atoms. The van der Waals surface area contributed by atoms with Crippen LogP contribution >= 0.6 is 0 Å². The van der Waals surface area contributed by atoms with Crippen molar-refractivity contribution in [3.8, 4) is 22.6 Å². The average Bonchev–Trinajstić information content (AvgIpc) is 2.80. The summed E-state index contributed by atoms with van der Waals surface area (Å²) >= 11 is 0. The Hall–Kier alpha value is -3.62. The van der Waals surface area contributed by atoms with Gasteiger partial charge >= 0.3 is 20.2 Å². The molecule has 0 atom stereocenters. The van der Waals surface area contributed by atoms with E-state index in [1.807, 2.05) is 32.9 Å². The number of rotatable bonds is 7. The molecule has 0 radical (unpaired) electrons. The third kappa shape index (κ3) is 5.39. The van der Waals surface area contributed by atoms with Gasteiger partial charge in [0, 0.05) is 0 Å². The molecule has 0 heterocycles. The number of aryl methyl sites for hydroxylation is 3. The molecule has 0 amide bonds. The van der Waals surface area contributed by atoms with Crippen LogP contribution in [0.3, 0.4) is 0 Å². The summed E-state index contributed by atoms with van der Waals surface area (Å²) in [5.74, 6) is -0.0898. The summed E-state index contributed by atoms with van der Waals surface area (Å²) in [6, 6.07) is 24.1. The lowest BCUT2D eigenvalue weighted by atomic mass is 9.99. The van der Waals surface area contributed by atoms with Crippen LogP contribution in [0.1, 0.15) is 16.7 Å². The molecule has 180 valence electrons. The lowest BCUT2D eigenvalue weighted by molar-refractivity contribution is 0.478. The zero-order valence-corrected chi connectivity index (χ0v) is 21.1. The minimum absolute atomic E-state index is 0.0163. The zero-order valence-electron chi connectivity index (χ0n) is 19.4. The predicted molar refractivity (Wildman–Crippen MR) is 135 cm³/mol. The Labute approximate surface area is 206 Å². The number of benzene rings is 4. The molecule has 8 heteroatoms. The molecule has 0 aliphatic heterocycles. The van der Waals surface area contributed by atoms with E-state index in [4.69, 9.17) is 8.37 Å². The van der Waals surface area contributed by atoms with Crippen molar-refractivity contribution < 1.29 is 25.2 Å². The second kappa shape index (κ2) is 9.56. The van der Waals surface area contributed by atoms with Crippen molar-refractivity contribution in [2.24, 2.45) is 0 Å². The highest BCUT2D eigenvalue weighted by atomic mass is 32.2. The molecule has 4 rings (SSSR count). The van der Waals surface area contributed by atoms with E-state index < -0.39 is 20.2 Å². The second-order valence-electron chi connectivity index (χ2n) is 8.15. The molecule has 0 aliphatic carbocycles. The maximum atomic E-state index is 13.0. The van der Waals surface area contributed by atoms with Crippen molar-refractivity contribution in [1.82, 2.24) is 0 Å². The minimum atomic E-state index is -4.20. The smallest absolute Gasteiger partial charge is 0.339 e. The van der Waals surface area contributed by atoms with E-state index in [1.165, 1.54) is 42.5 Å². The lowest BCUT2D eigenvalue weighted by Gasteiger charge is -2.17. The molecule has 35 heavy (non-hydrogen) atoms. The highest BCUT2D eigenvalue weighted by Crippen LogP contribution is 2.42. The first kappa shape index (κ1) is 24.5. The molecule has 0 fully saturated rings. The largest absolute Gasteiger partial charge is 0.378 e. The fourth-order valence-electron chi connectivity index (χ4n) is 3.51. The van der Waals surface area contributed by atoms with Gasteiger partial charge in [-0.25, -0.2) is 0 Å². The maximum Gasteiger partial charge on any atom is 0.339 e. The van der Waals surface area contributed by atoms with E-state index in [9.17, 15) is 16.8 Å². The molecule has 0 saturated heterocycles. The summed E-state index contributed by atoms with van der Waals surface area (Å²) in [5, 5.41) is 0. The molecule has 0 aliphatic rings. The van der Waals surface area contributed by atoms with Crippen LogP contribution in [0, 0.1) is 20.8 Å². The van der Waals surface area contributed by atoms with Crippen molar-refractivity contribution in [3.05, 3.63) is 108 Å². The van der Waals surface area contributed by atoms with E-state index in [0.717, 1.165) is 16.7 Å². The Bertz CT molecular complexity index is 1480. The molecule has 4 aromatic rings. The van der Waals surface area contributed by atoms with Crippen molar-refractivity contribution in [3.63, 3.8) is 0 Å².